The molecule has 3 nitrogen and oxygen atoms in total. The molecule has 0 radical (unpaired) electrons. The molecule has 21 heavy (non-hydrogen) atoms. The van der Waals surface area contributed by atoms with E-state index in [9.17, 15) is 13.2 Å². The number of nitrogens with zero attached hydrogens (tertiary/aromatic N) is 2. The van der Waals surface area contributed by atoms with Gasteiger partial charge in [0.1, 0.15) is 0 Å². The number of hydrogen-bond acceptors (Lipinski definition) is 3. The van der Waals surface area contributed by atoms with Crippen molar-refractivity contribution in [3.63, 3.8) is 0 Å². The molecule has 0 unspecified atom stereocenters. The standard InChI is InChI=1S/C15H19F3N2O/c16-15(17,18)14(21)6-7-19-8-10-20(11-9-19)12-13-4-2-1-3-5-13/h1-7,14,21H,8-12H2/t14-/m1/s1. The summed E-state index contributed by atoms with van der Waals surface area (Å²) in [5.74, 6) is 0. The molecule has 0 spiro atoms. The summed E-state index contributed by atoms with van der Waals surface area (Å²) in [7, 11) is 0. The van der Waals surface area contributed by atoms with Gasteiger partial charge in [-0.15, -0.1) is 0 Å². The molecule has 0 bridgehead atoms. The van der Waals surface area contributed by atoms with Crippen LogP contribution in [-0.4, -0.2) is 53.4 Å². The van der Waals surface area contributed by atoms with Crippen LogP contribution in [0.3, 0.4) is 0 Å². The SMILES string of the molecule is O[C@H](C=CN1CCN(Cc2ccccc2)CC1)C(F)(F)F. The highest BCUT2D eigenvalue weighted by atomic mass is 19.4. The third-order valence-electron chi connectivity index (χ3n) is 3.47. The van der Waals surface area contributed by atoms with Crippen molar-refractivity contribution in [2.24, 2.45) is 0 Å². The van der Waals surface area contributed by atoms with Crippen LogP contribution >= 0.6 is 0 Å². The molecule has 1 saturated heterocycles. The van der Waals surface area contributed by atoms with Gasteiger partial charge in [-0.1, -0.05) is 30.3 Å². The molecule has 6 heteroatoms. The summed E-state index contributed by atoms with van der Waals surface area (Å²) in [6, 6.07) is 10.1. The molecule has 1 heterocycles. The van der Waals surface area contributed by atoms with Crippen molar-refractivity contribution in [3.05, 3.63) is 48.2 Å². The van der Waals surface area contributed by atoms with Gasteiger partial charge in [-0.25, -0.2) is 0 Å². The Kier molecular flexibility index (Phi) is 5.25. The molecule has 0 aromatic heterocycles. The van der Waals surface area contributed by atoms with Gasteiger partial charge in [0, 0.05) is 32.7 Å². The molecule has 0 aliphatic carbocycles. The zero-order valence-corrected chi connectivity index (χ0v) is 11.6. The van der Waals surface area contributed by atoms with E-state index >= 15 is 0 Å². The highest BCUT2D eigenvalue weighted by Crippen LogP contribution is 2.21. The first-order chi connectivity index (χ1) is 9.95. The van der Waals surface area contributed by atoms with Crippen LogP contribution in [0.25, 0.3) is 0 Å². The van der Waals surface area contributed by atoms with Crippen molar-refractivity contribution in [1.29, 1.82) is 0 Å². The van der Waals surface area contributed by atoms with Crippen molar-refractivity contribution in [2.75, 3.05) is 26.2 Å². The van der Waals surface area contributed by atoms with E-state index in [-0.39, 0.29) is 0 Å². The van der Waals surface area contributed by atoms with E-state index in [1.807, 2.05) is 18.2 Å². The lowest BCUT2D eigenvalue weighted by atomic mass is 10.2. The lowest BCUT2D eigenvalue weighted by molar-refractivity contribution is -0.188. The monoisotopic (exact) mass is 300 g/mol. The molecule has 0 saturated carbocycles. The number of hydrogen-bond donors (Lipinski definition) is 1. The van der Waals surface area contributed by atoms with E-state index < -0.39 is 12.3 Å². The van der Waals surface area contributed by atoms with Crippen LogP contribution in [0.15, 0.2) is 42.6 Å². The summed E-state index contributed by atoms with van der Waals surface area (Å²) in [4.78, 5) is 4.07. The Bertz CT molecular complexity index is 454. The smallest absolute Gasteiger partial charge is 0.380 e. The second-order valence-corrected chi connectivity index (χ2v) is 5.13. The van der Waals surface area contributed by atoms with Gasteiger partial charge >= 0.3 is 6.18 Å². The number of aliphatic hydroxyl groups excluding tert-OH is 1. The summed E-state index contributed by atoms with van der Waals surface area (Å²) in [5.41, 5.74) is 1.23. The van der Waals surface area contributed by atoms with Gasteiger partial charge in [0.15, 0.2) is 6.10 Å². The Morgan fingerprint density at radius 1 is 1.10 bits per heavy atom. The van der Waals surface area contributed by atoms with Gasteiger partial charge in [-0.2, -0.15) is 13.2 Å². The predicted molar refractivity (Wildman–Crippen MR) is 74.5 cm³/mol. The largest absolute Gasteiger partial charge is 0.418 e. The molecule has 116 valence electrons. The summed E-state index contributed by atoms with van der Waals surface area (Å²) in [5, 5.41) is 8.91. The van der Waals surface area contributed by atoms with Gasteiger partial charge in [0.25, 0.3) is 0 Å². The summed E-state index contributed by atoms with van der Waals surface area (Å²) in [6.45, 7) is 3.76. The van der Waals surface area contributed by atoms with Crippen LogP contribution in [0, 0.1) is 0 Å². The quantitative estimate of drug-likeness (QED) is 0.924. The maximum atomic E-state index is 12.2. The highest BCUT2D eigenvalue weighted by molar-refractivity contribution is 5.14. The Morgan fingerprint density at radius 2 is 1.71 bits per heavy atom. The Hall–Kier alpha value is -1.53. The van der Waals surface area contributed by atoms with Crippen molar-refractivity contribution in [2.45, 2.75) is 18.8 Å². The Morgan fingerprint density at radius 3 is 2.29 bits per heavy atom. The number of rotatable bonds is 4. The van der Waals surface area contributed by atoms with Crippen molar-refractivity contribution < 1.29 is 18.3 Å². The van der Waals surface area contributed by atoms with E-state index in [1.165, 1.54) is 11.8 Å². The second-order valence-electron chi connectivity index (χ2n) is 5.13. The molecule has 1 aromatic carbocycles. The minimum Gasteiger partial charge on any atom is -0.380 e. The first-order valence-electron chi connectivity index (χ1n) is 6.88. The van der Waals surface area contributed by atoms with E-state index in [2.05, 4.69) is 17.0 Å². The van der Waals surface area contributed by atoms with Crippen LogP contribution in [0.1, 0.15) is 5.56 Å². The number of alkyl halides is 3. The van der Waals surface area contributed by atoms with Crippen LogP contribution < -0.4 is 0 Å². The average Bonchev–Trinajstić information content (AvgIpc) is 2.46. The minimum absolute atomic E-state index is 0.661. The van der Waals surface area contributed by atoms with Gasteiger partial charge in [-0.3, -0.25) is 4.90 Å². The highest BCUT2D eigenvalue weighted by Gasteiger charge is 2.36. The van der Waals surface area contributed by atoms with E-state index in [4.69, 9.17) is 5.11 Å². The van der Waals surface area contributed by atoms with Gasteiger partial charge < -0.3 is 10.0 Å². The molecular weight excluding hydrogens is 281 g/mol. The number of piperazine rings is 1. The molecule has 1 aromatic rings. The van der Waals surface area contributed by atoms with E-state index in [1.54, 1.807) is 4.90 Å². The fraction of sp³-hybridized carbons (Fsp3) is 0.467. The van der Waals surface area contributed by atoms with Crippen molar-refractivity contribution >= 4 is 0 Å². The zero-order chi connectivity index (χ0) is 15.3. The van der Waals surface area contributed by atoms with Crippen LogP contribution in [0.4, 0.5) is 13.2 Å². The molecule has 1 aliphatic heterocycles. The molecule has 1 aliphatic rings. The maximum Gasteiger partial charge on any atom is 0.418 e. The minimum atomic E-state index is -4.59. The van der Waals surface area contributed by atoms with Crippen molar-refractivity contribution in [1.82, 2.24) is 9.80 Å². The van der Waals surface area contributed by atoms with E-state index in [0.717, 1.165) is 25.7 Å². The third kappa shape index (κ3) is 5.06. The predicted octanol–water partition coefficient (Wildman–Crippen LogP) is 2.24. The number of benzene rings is 1. The lowest BCUT2D eigenvalue weighted by Crippen LogP contribution is -2.43. The summed E-state index contributed by atoms with van der Waals surface area (Å²) in [6.07, 6.45) is -4.84. The number of aliphatic hydroxyl groups is 1. The lowest BCUT2D eigenvalue weighted by Gasteiger charge is -2.34. The summed E-state index contributed by atoms with van der Waals surface area (Å²) >= 11 is 0. The topological polar surface area (TPSA) is 26.7 Å². The first-order valence-corrected chi connectivity index (χ1v) is 6.88. The molecule has 1 N–H and O–H groups in total. The fourth-order valence-electron chi connectivity index (χ4n) is 2.22. The molecule has 1 fully saturated rings. The zero-order valence-electron chi connectivity index (χ0n) is 11.6. The molecular formula is C15H19F3N2O. The van der Waals surface area contributed by atoms with Crippen molar-refractivity contribution in [3.8, 4) is 0 Å². The molecule has 1 atom stereocenters. The first kappa shape index (κ1) is 15.9. The summed E-state index contributed by atoms with van der Waals surface area (Å²) < 4.78 is 36.5. The van der Waals surface area contributed by atoms with E-state index in [0.29, 0.717) is 13.1 Å². The molecule has 0 amide bonds. The average molecular weight is 300 g/mol. The number of halogens is 3. The fourth-order valence-corrected chi connectivity index (χ4v) is 2.22. The Balaban J connectivity index is 1.77. The second kappa shape index (κ2) is 6.95. The van der Waals surface area contributed by atoms with Crippen LogP contribution in [-0.2, 0) is 6.54 Å². The van der Waals surface area contributed by atoms with Crippen LogP contribution in [0.2, 0.25) is 0 Å². The van der Waals surface area contributed by atoms with Gasteiger partial charge in [0.2, 0.25) is 0 Å². The maximum absolute atomic E-state index is 12.2. The van der Waals surface area contributed by atoms with Gasteiger partial charge in [0.05, 0.1) is 0 Å². The normalized spacial score (nSPS) is 19.1. The third-order valence-corrected chi connectivity index (χ3v) is 3.47. The Labute approximate surface area is 122 Å². The molecule has 2 rings (SSSR count). The van der Waals surface area contributed by atoms with Gasteiger partial charge in [-0.05, 0) is 17.8 Å². The van der Waals surface area contributed by atoms with Crippen LogP contribution in [0.5, 0.6) is 0 Å².